The predicted octanol–water partition coefficient (Wildman–Crippen LogP) is 0.738. The van der Waals surface area contributed by atoms with Crippen LogP contribution in [0.15, 0.2) is 6.20 Å². The van der Waals surface area contributed by atoms with Gasteiger partial charge in [0.25, 0.3) is 0 Å². The number of aromatic nitrogens is 2. The number of hydrogen-bond donors (Lipinski definition) is 3. The zero-order valence-electron chi connectivity index (χ0n) is 9.54. The third-order valence-corrected chi connectivity index (χ3v) is 1.84. The molecule has 0 saturated carbocycles. The molecule has 0 aliphatic heterocycles. The highest BCUT2D eigenvalue weighted by molar-refractivity contribution is 5.42. The van der Waals surface area contributed by atoms with Gasteiger partial charge in [0.1, 0.15) is 0 Å². The first-order valence-corrected chi connectivity index (χ1v) is 4.75. The SMILES string of the molecule is COCC(C)(C)Nc1nc(NN)ncc1F. The molecule has 0 aliphatic rings. The van der Waals surface area contributed by atoms with Gasteiger partial charge in [0, 0.05) is 7.11 Å². The van der Waals surface area contributed by atoms with Crippen molar-refractivity contribution in [3.8, 4) is 0 Å². The van der Waals surface area contributed by atoms with Crippen molar-refractivity contribution in [3.63, 3.8) is 0 Å². The molecule has 0 radical (unpaired) electrons. The van der Waals surface area contributed by atoms with E-state index in [4.69, 9.17) is 10.6 Å². The summed E-state index contributed by atoms with van der Waals surface area (Å²) in [7, 11) is 1.58. The number of hydrazine groups is 1. The molecule has 0 fully saturated rings. The molecule has 6 nitrogen and oxygen atoms in total. The Morgan fingerprint density at radius 1 is 1.56 bits per heavy atom. The normalized spacial score (nSPS) is 11.3. The summed E-state index contributed by atoms with van der Waals surface area (Å²) in [4.78, 5) is 7.51. The number of hydrogen-bond acceptors (Lipinski definition) is 6. The number of methoxy groups -OCH3 is 1. The minimum atomic E-state index is -0.539. The summed E-state index contributed by atoms with van der Waals surface area (Å²) in [5.74, 6) is 4.84. The van der Waals surface area contributed by atoms with E-state index in [2.05, 4.69) is 20.7 Å². The molecule has 0 aliphatic carbocycles. The Balaban J connectivity index is 2.87. The van der Waals surface area contributed by atoms with E-state index >= 15 is 0 Å². The van der Waals surface area contributed by atoms with Crippen LogP contribution >= 0.6 is 0 Å². The van der Waals surface area contributed by atoms with Gasteiger partial charge in [-0.2, -0.15) is 4.98 Å². The van der Waals surface area contributed by atoms with Crippen molar-refractivity contribution in [1.29, 1.82) is 0 Å². The van der Waals surface area contributed by atoms with Gasteiger partial charge in [-0.25, -0.2) is 15.2 Å². The van der Waals surface area contributed by atoms with Crippen molar-refractivity contribution in [1.82, 2.24) is 9.97 Å². The van der Waals surface area contributed by atoms with Crippen LogP contribution in [0.2, 0.25) is 0 Å². The second kappa shape index (κ2) is 5.04. The third-order valence-electron chi connectivity index (χ3n) is 1.84. The maximum Gasteiger partial charge on any atom is 0.239 e. The minimum absolute atomic E-state index is 0.0880. The van der Waals surface area contributed by atoms with Gasteiger partial charge in [-0.05, 0) is 13.8 Å². The second-order valence-electron chi connectivity index (χ2n) is 3.98. The minimum Gasteiger partial charge on any atom is -0.382 e. The summed E-state index contributed by atoms with van der Waals surface area (Å²) in [6, 6.07) is 0. The van der Waals surface area contributed by atoms with Crippen LogP contribution in [0.25, 0.3) is 0 Å². The summed E-state index contributed by atoms with van der Waals surface area (Å²) < 4.78 is 18.4. The number of anilines is 2. The van der Waals surface area contributed by atoms with Gasteiger partial charge in [0.2, 0.25) is 5.95 Å². The Hall–Kier alpha value is -1.47. The molecule has 0 bridgehead atoms. The number of nitrogens with zero attached hydrogens (tertiary/aromatic N) is 2. The first-order valence-electron chi connectivity index (χ1n) is 4.75. The summed E-state index contributed by atoms with van der Waals surface area (Å²) >= 11 is 0. The van der Waals surface area contributed by atoms with Crippen molar-refractivity contribution >= 4 is 11.8 Å². The quantitative estimate of drug-likeness (QED) is 0.510. The molecule has 1 rings (SSSR count). The standard InChI is InChI=1S/C9H16FN5O/c1-9(2,5-16-3)14-7-6(10)4-12-8(13-7)15-11/h4H,5,11H2,1-3H3,(H2,12,13,14,15). The van der Waals surface area contributed by atoms with Crippen molar-refractivity contribution in [2.24, 2.45) is 5.84 Å². The Labute approximate surface area is 93.4 Å². The van der Waals surface area contributed by atoms with E-state index in [0.29, 0.717) is 6.61 Å². The van der Waals surface area contributed by atoms with E-state index in [1.807, 2.05) is 13.8 Å². The van der Waals surface area contributed by atoms with Gasteiger partial charge in [-0.15, -0.1) is 0 Å². The van der Waals surface area contributed by atoms with Crippen LogP contribution < -0.4 is 16.6 Å². The van der Waals surface area contributed by atoms with Crippen molar-refractivity contribution < 1.29 is 9.13 Å². The molecule has 1 heterocycles. The number of nitrogen functional groups attached to an aromatic ring is 1. The molecule has 7 heteroatoms. The highest BCUT2D eigenvalue weighted by Crippen LogP contribution is 2.17. The largest absolute Gasteiger partial charge is 0.382 e. The zero-order chi connectivity index (χ0) is 12.2. The van der Waals surface area contributed by atoms with Crippen molar-refractivity contribution in [2.75, 3.05) is 24.5 Å². The van der Waals surface area contributed by atoms with Crippen LogP contribution in [0.4, 0.5) is 16.2 Å². The molecular formula is C9H16FN5O. The van der Waals surface area contributed by atoms with Crippen molar-refractivity contribution in [3.05, 3.63) is 12.0 Å². The first-order chi connectivity index (χ1) is 7.48. The molecule has 0 unspecified atom stereocenters. The molecular weight excluding hydrogens is 213 g/mol. The van der Waals surface area contributed by atoms with Crippen molar-refractivity contribution in [2.45, 2.75) is 19.4 Å². The van der Waals surface area contributed by atoms with Crippen LogP contribution in [0.3, 0.4) is 0 Å². The predicted molar refractivity (Wildman–Crippen MR) is 59.4 cm³/mol. The van der Waals surface area contributed by atoms with Crippen LogP contribution in [-0.4, -0.2) is 29.2 Å². The molecule has 0 aromatic carbocycles. The van der Waals surface area contributed by atoms with E-state index < -0.39 is 11.4 Å². The number of nitrogens with one attached hydrogen (secondary N) is 2. The smallest absolute Gasteiger partial charge is 0.239 e. The number of ether oxygens (including phenoxy) is 1. The summed E-state index contributed by atoms with van der Waals surface area (Å²) in [6.45, 7) is 4.16. The van der Waals surface area contributed by atoms with Gasteiger partial charge < -0.3 is 10.1 Å². The molecule has 4 N–H and O–H groups in total. The van der Waals surface area contributed by atoms with Crippen LogP contribution in [0.5, 0.6) is 0 Å². The molecule has 0 saturated heterocycles. The highest BCUT2D eigenvalue weighted by atomic mass is 19.1. The van der Waals surface area contributed by atoms with E-state index in [-0.39, 0.29) is 11.8 Å². The molecule has 0 amide bonds. The molecule has 16 heavy (non-hydrogen) atoms. The number of halogens is 1. The fourth-order valence-electron chi connectivity index (χ4n) is 1.24. The zero-order valence-corrected chi connectivity index (χ0v) is 9.54. The average molecular weight is 229 g/mol. The van der Waals surface area contributed by atoms with Gasteiger partial charge >= 0.3 is 0 Å². The summed E-state index contributed by atoms with van der Waals surface area (Å²) in [5.41, 5.74) is 1.82. The number of rotatable bonds is 5. The molecule has 1 aromatic heterocycles. The van der Waals surface area contributed by atoms with Crippen LogP contribution in [0, 0.1) is 5.82 Å². The van der Waals surface area contributed by atoms with E-state index in [1.165, 1.54) is 0 Å². The maximum absolute atomic E-state index is 13.4. The van der Waals surface area contributed by atoms with E-state index in [9.17, 15) is 4.39 Å². The Bertz CT molecular complexity index is 358. The molecule has 0 spiro atoms. The third kappa shape index (κ3) is 3.28. The van der Waals surface area contributed by atoms with Gasteiger partial charge in [-0.1, -0.05) is 0 Å². The maximum atomic E-state index is 13.4. The first kappa shape index (κ1) is 12.6. The van der Waals surface area contributed by atoms with Gasteiger partial charge in [0.05, 0.1) is 18.3 Å². The van der Waals surface area contributed by atoms with Crippen LogP contribution in [0.1, 0.15) is 13.8 Å². The Morgan fingerprint density at radius 3 is 2.81 bits per heavy atom. The molecule has 90 valence electrons. The number of nitrogens with two attached hydrogens (primary N) is 1. The topological polar surface area (TPSA) is 85.1 Å². The summed E-state index contributed by atoms with van der Waals surface area (Å²) in [6.07, 6.45) is 1.05. The lowest BCUT2D eigenvalue weighted by molar-refractivity contribution is 0.158. The van der Waals surface area contributed by atoms with Gasteiger partial charge in [-0.3, -0.25) is 5.43 Å². The Morgan fingerprint density at radius 2 is 2.25 bits per heavy atom. The molecule has 1 aromatic rings. The lowest BCUT2D eigenvalue weighted by Crippen LogP contribution is -2.36. The van der Waals surface area contributed by atoms with Crippen LogP contribution in [-0.2, 0) is 4.74 Å². The highest BCUT2D eigenvalue weighted by Gasteiger charge is 2.20. The lowest BCUT2D eigenvalue weighted by atomic mass is 10.1. The van der Waals surface area contributed by atoms with E-state index in [1.54, 1.807) is 7.11 Å². The average Bonchev–Trinajstić information content (AvgIpc) is 2.21. The lowest BCUT2D eigenvalue weighted by Gasteiger charge is -2.26. The van der Waals surface area contributed by atoms with E-state index in [0.717, 1.165) is 6.20 Å². The van der Waals surface area contributed by atoms with Gasteiger partial charge in [0.15, 0.2) is 11.6 Å². The fraction of sp³-hybridized carbons (Fsp3) is 0.556. The Kier molecular flexibility index (Phi) is 3.97. The fourth-order valence-corrected chi connectivity index (χ4v) is 1.24. The second-order valence-corrected chi connectivity index (χ2v) is 3.98. The molecule has 0 atom stereocenters. The summed E-state index contributed by atoms with van der Waals surface area (Å²) in [5, 5.41) is 2.92. The monoisotopic (exact) mass is 229 g/mol.